The van der Waals surface area contributed by atoms with Gasteiger partial charge in [-0.15, -0.1) is 11.3 Å². The summed E-state index contributed by atoms with van der Waals surface area (Å²) in [7, 11) is 1.85. The lowest BCUT2D eigenvalue weighted by atomic mass is 10.1. The van der Waals surface area contributed by atoms with Crippen LogP contribution in [0.4, 0.5) is 5.82 Å². The molecule has 0 saturated heterocycles. The molecule has 3 nitrogen and oxygen atoms in total. The lowest BCUT2D eigenvalue weighted by Crippen LogP contribution is -1.98. The molecule has 0 aliphatic rings. The molecule has 15 heavy (non-hydrogen) atoms. The zero-order chi connectivity index (χ0) is 11.0. The first-order chi connectivity index (χ1) is 7.13. The first-order valence-electron chi connectivity index (χ1n) is 4.70. The van der Waals surface area contributed by atoms with E-state index in [2.05, 4.69) is 12.0 Å². The summed E-state index contributed by atoms with van der Waals surface area (Å²) in [4.78, 5) is 1.07. The van der Waals surface area contributed by atoms with Gasteiger partial charge in [-0.25, -0.2) is 0 Å². The van der Waals surface area contributed by atoms with Gasteiger partial charge in [-0.2, -0.15) is 5.10 Å². The predicted molar refractivity (Wildman–Crippen MR) is 65.3 cm³/mol. The van der Waals surface area contributed by atoms with E-state index in [1.54, 1.807) is 4.68 Å². The minimum Gasteiger partial charge on any atom is -0.384 e. The SMILES string of the molecule is CCc1c(-c2ccc(Cl)s2)nn(C)c1N. The van der Waals surface area contributed by atoms with Crippen molar-refractivity contribution >= 4 is 28.8 Å². The quantitative estimate of drug-likeness (QED) is 0.879. The van der Waals surface area contributed by atoms with Crippen LogP contribution in [0.2, 0.25) is 4.34 Å². The zero-order valence-corrected chi connectivity index (χ0v) is 10.2. The van der Waals surface area contributed by atoms with Crippen molar-refractivity contribution in [2.24, 2.45) is 7.05 Å². The van der Waals surface area contributed by atoms with Gasteiger partial charge in [0.15, 0.2) is 0 Å². The number of hydrogen-bond acceptors (Lipinski definition) is 3. The molecular formula is C10H12ClN3S. The van der Waals surface area contributed by atoms with E-state index < -0.39 is 0 Å². The molecule has 0 aromatic carbocycles. The van der Waals surface area contributed by atoms with Crippen LogP contribution < -0.4 is 5.73 Å². The van der Waals surface area contributed by atoms with Crippen LogP contribution in [0.3, 0.4) is 0 Å². The van der Waals surface area contributed by atoms with Gasteiger partial charge in [-0.05, 0) is 18.6 Å². The first-order valence-corrected chi connectivity index (χ1v) is 5.90. The van der Waals surface area contributed by atoms with Crippen LogP contribution in [-0.4, -0.2) is 9.78 Å². The standard InChI is InChI=1S/C10H12ClN3S/c1-3-6-9(13-14(2)10(6)12)7-4-5-8(11)15-7/h4-5H,3,12H2,1-2H3. The Balaban J connectivity index is 2.57. The molecule has 0 amide bonds. The highest BCUT2D eigenvalue weighted by molar-refractivity contribution is 7.19. The number of halogens is 1. The van der Waals surface area contributed by atoms with Crippen LogP contribution in [0, 0.1) is 0 Å². The number of aryl methyl sites for hydroxylation is 1. The number of aromatic nitrogens is 2. The van der Waals surface area contributed by atoms with Crippen molar-refractivity contribution in [2.45, 2.75) is 13.3 Å². The maximum atomic E-state index is 5.93. The molecule has 0 aliphatic heterocycles. The number of nitrogen functional groups attached to an aromatic ring is 1. The van der Waals surface area contributed by atoms with Crippen molar-refractivity contribution in [3.63, 3.8) is 0 Å². The van der Waals surface area contributed by atoms with E-state index >= 15 is 0 Å². The highest BCUT2D eigenvalue weighted by atomic mass is 35.5. The second-order valence-electron chi connectivity index (χ2n) is 3.29. The average Bonchev–Trinajstić information content (AvgIpc) is 2.73. The Morgan fingerprint density at radius 2 is 2.27 bits per heavy atom. The summed E-state index contributed by atoms with van der Waals surface area (Å²) in [5.74, 6) is 0.733. The number of thiophene rings is 1. The molecule has 80 valence electrons. The topological polar surface area (TPSA) is 43.8 Å². The minimum absolute atomic E-state index is 0.733. The van der Waals surface area contributed by atoms with Gasteiger partial charge in [0.2, 0.25) is 0 Å². The average molecular weight is 242 g/mol. The van der Waals surface area contributed by atoms with Crippen molar-refractivity contribution in [2.75, 3.05) is 5.73 Å². The fraction of sp³-hybridized carbons (Fsp3) is 0.300. The molecule has 0 spiro atoms. The number of hydrogen-bond donors (Lipinski definition) is 1. The van der Waals surface area contributed by atoms with Crippen LogP contribution in [0.25, 0.3) is 10.6 Å². The number of rotatable bonds is 2. The third-order valence-corrected chi connectivity index (χ3v) is 3.59. The molecule has 2 aromatic heterocycles. The minimum atomic E-state index is 0.733. The van der Waals surface area contributed by atoms with E-state index in [-0.39, 0.29) is 0 Å². The molecule has 2 aromatic rings. The molecule has 0 unspecified atom stereocenters. The Morgan fingerprint density at radius 1 is 1.53 bits per heavy atom. The molecule has 0 atom stereocenters. The summed E-state index contributed by atoms with van der Waals surface area (Å²) in [5.41, 5.74) is 7.98. The van der Waals surface area contributed by atoms with Crippen LogP contribution in [0.1, 0.15) is 12.5 Å². The zero-order valence-electron chi connectivity index (χ0n) is 8.62. The highest BCUT2D eigenvalue weighted by Crippen LogP contribution is 2.34. The van der Waals surface area contributed by atoms with Crippen LogP contribution in [-0.2, 0) is 13.5 Å². The molecular weight excluding hydrogens is 230 g/mol. The van der Waals surface area contributed by atoms with Crippen molar-refractivity contribution in [1.29, 1.82) is 0 Å². The molecule has 0 bridgehead atoms. The van der Waals surface area contributed by atoms with E-state index in [4.69, 9.17) is 17.3 Å². The Hall–Kier alpha value is -1.00. The number of nitrogens with two attached hydrogens (primary N) is 1. The van der Waals surface area contributed by atoms with Gasteiger partial charge in [0.1, 0.15) is 11.5 Å². The summed E-state index contributed by atoms with van der Waals surface area (Å²) in [5, 5.41) is 4.41. The van der Waals surface area contributed by atoms with Gasteiger partial charge in [0.25, 0.3) is 0 Å². The van der Waals surface area contributed by atoms with Gasteiger partial charge in [-0.1, -0.05) is 18.5 Å². The molecule has 0 saturated carbocycles. The maximum Gasteiger partial charge on any atom is 0.125 e. The lowest BCUT2D eigenvalue weighted by Gasteiger charge is -1.96. The Kier molecular flexibility index (Phi) is 2.71. The smallest absolute Gasteiger partial charge is 0.125 e. The second-order valence-corrected chi connectivity index (χ2v) is 5.01. The Labute approximate surface area is 97.5 Å². The molecule has 5 heteroatoms. The normalized spacial score (nSPS) is 10.9. The summed E-state index contributed by atoms with van der Waals surface area (Å²) < 4.78 is 2.48. The van der Waals surface area contributed by atoms with Gasteiger partial charge in [-0.3, -0.25) is 4.68 Å². The molecule has 2 heterocycles. The second kappa shape index (κ2) is 3.87. The van der Waals surface area contributed by atoms with E-state index in [9.17, 15) is 0 Å². The first kappa shape index (κ1) is 10.5. The van der Waals surface area contributed by atoms with E-state index in [0.717, 1.165) is 32.7 Å². The summed E-state index contributed by atoms with van der Waals surface area (Å²) in [6.07, 6.45) is 0.879. The molecule has 0 fully saturated rings. The van der Waals surface area contributed by atoms with E-state index in [0.29, 0.717) is 0 Å². The summed E-state index contributed by atoms with van der Waals surface area (Å²) in [6.45, 7) is 2.08. The van der Waals surface area contributed by atoms with Gasteiger partial charge in [0, 0.05) is 12.6 Å². The van der Waals surface area contributed by atoms with Crippen molar-refractivity contribution in [1.82, 2.24) is 9.78 Å². The largest absolute Gasteiger partial charge is 0.384 e. The van der Waals surface area contributed by atoms with E-state index in [1.165, 1.54) is 11.3 Å². The fourth-order valence-corrected chi connectivity index (χ4v) is 2.62. The van der Waals surface area contributed by atoms with Crippen LogP contribution >= 0.6 is 22.9 Å². The third kappa shape index (κ3) is 1.75. The number of anilines is 1. The summed E-state index contributed by atoms with van der Waals surface area (Å²) in [6, 6.07) is 3.86. The molecule has 0 aliphatic carbocycles. The number of nitrogens with zero attached hydrogens (tertiary/aromatic N) is 2. The van der Waals surface area contributed by atoms with Gasteiger partial charge < -0.3 is 5.73 Å². The van der Waals surface area contributed by atoms with Crippen LogP contribution in [0.15, 0.2) is 12.1 Å². The Bertz CT molecular complexity index is 487. The predicted octanol–water partition coefficient (Wildman–Crippen LogP) is 2.95. The van der Waals surface area contributed by atoms with Gasteiger partial charge in [0.05, 0.1) is 9.21 Å². The lowest BCUT2D eigenvalue weighted by molar-refractivity contribution is 0.782. The van der Waals surface area contributed by atoms with Crippen molar-refractivity contribution in [3.8, 4) is 10.6 Å². The van der Waals surface area contributed by atoms with Gasteiger partial charge >= 0.3 is 0 Å². The molecule has 0 radical (unpaired) electrons. The highest BCUT2D eigenvalue weighted by Gasteiger charge is 2.15. The van der Waals surface area contributed by atoms with E-state index in [1.807, 2.05) is 19.2 Å². The Morgan fingerprint density at radius 3 is 2.80 bits per heavy atom. The maximum absolute atomic E-state index is 5.93. The van der Waals surface area contributed by atoms with Crippen molar-refractivity contribution < 1.29 is 0 Å². The monoisotopic (exact) mass is 241 g/mol. The third-order valence-electron chi connectivity index (χ3n) is 2.35. The fourth-order valence-electron chi connectivity index (χ4n) is 1.57. The molecule has 2 N–H and O–H groups in total. The molecule has 2 rings (SSSR count). The summed E-state index contributed by atoms with van der Waals surface area (Å²) >= 11 is 7.43. The van der Waals surface area contributed by atoms with Crippen molar-refractivity contribution in [3.05, 3.63) is 22.0 Å². The van der Waals surface area contributed by atoms with Crippen LogP contribution in [0.5, 0.6) is 0 Å².